The molecule has 1 atom stereocenters. The molecule has 0 aliphatic heterocycles. The molecule has 2 rings (SSSR count). The van der Waals surface area contributed by atoms with Crippen LogP contribution in [0.5, 0.6) is 0 Å². The van der Waals surface area contributed by atoms with E-state index in [2.05, 4.69) is 18.8 Å². The lowest BCUT2D eigenvalue weighted by Gasteiger charge is -2.22. The highest BCUT2D eigenvalue weighted by atomic mass is 16.4. The fourth-order valence-electron chi connectivity index (χ4n) is 2.49. The Bertz CT molecular complexity index is 426. The Morgan fingerprint density at radius 2 is 2.29 bits per heavy atom. The molecule has 0 bridgehead atoms. The van der Waals surface area contributed by atoms with Crippen LogP contribution in [0.15, 0.2) is 12.1 Å². The number of fused-ring (bicyclic) bond motifs is 1. The Morgan fingerprint density at radius 3 is 2.94 bits per heavy atom. The fraction of sp³-hybridized carbons (Fsp3) is 0.571. The number of aryl methyl sites for hydroxylation is 1. The maximum Gasteiger partial charge on any atom is 0.311 e. The van der Waals surface area contributed by atoms with E-state index in [-0.39, 0.29) is 5.92 Å². The van der Waals surface area contributed by atoms with Crippen LogP contribution >= 0.6 is 0 Å². The van der Waals surface area contributed by atoms with Crippen LogP contribution in [0.1, 0.15) is 49.6 Å². The van der Waals surface area contributed by atoms with E-state index in [1.807, 2.05) is 12.1 Å². The number of aliphatic carboxylic acids is 1. The van der Waals surface area contributed by atoms with Gasteiger partial charge in [-0.25, -0.2) is 0 Å². The number of hydrogen-bond donors (Lipinski definition) is 1. The summed E-state index contributed by atoms with van der Waals surface area (Å²) >= 11 is 0. The molecule has 1 N–H and O–H groups in total. The number of rotatable bonds is 3. The van der Waals surface area contributed by atoms with E-state index in [9.17, 15) is 9.90 Å². The average molecular weight is 233 g/mol. The molecule has 3 nitrogen and oxygen atoms in total. The lowest BCUT2D eigenvalue weighted by molar-refractivity contribution is -0.139. The molecule has 1 aliphatic rings. The van der Waals surface area contributed by atoms with Crippen molar-refractivity contribution in [3.05, 3.63) is 29.1 Å². The first-order valence-electron chi connectivity index (χ1n) is 6.29. The van der Waals surface area contributed by atoms with Crippen LogP contribution in [0.3, 0.4) is 0 Å². The molecule has 0 saturated heterocycles. The van der Waals surface area contributed by atoms with Gasteiger partial charge in [-0.1, -0.05) is 19.9 Å². The number of nitrogens with zero attached hydrogens (tertiary/aromatic N) is 1. The third-order valence-corrected chi connectivity index (χ3v) is 3.26. The van der Waals surface area contributed by atoms with Crippen molar-refractivity contribution in [2.75, 3.05) is 0 Å². The van der Waals surface area contributed by atoms with E-state index >= 15 is 0 Å². The third kappa shape index (κ3) is 2.65. The van der Waals surface area contributed by atoms with Gasteiger partial charge in [0.15, 0.2) is 0 Å². The quantitative estimate of drug-likeness (QED) is 0.873. The van der Waals surface area contributed by atoms with E-state index in [4.69, 9.17) is 0 Å². The van der Waals surface area contributed by atoms with Crippen LogP contribution in [-0.4, -0.2) is 16.1 Å². The Morgan fingerprint density at radius 1 is 1.53 bits per heavy atom. The smallest absolute Gasteiger partial charge is 0.311 e. The van der Waals surface area contributed by atoms with Gasteiger partial charge >= 0.3 is 5.97 Å². The zero-order valence-electron chi connectivity index (χ0n) is 10.4. The highest BCUT2D eigenvalue weighted by Crippen LogP contribution is 2.31. The molecule has 3 heteroatoms. The van der Waals surface area contributed by atoms with Crippen LogP contribution in [0, 0.1) is 5.92 Å². The average Bonchev–Trinajstić information content (AvgIpc) is 2.26. The van der Waals surface area contributed by atoms with Gasteiger partial charge in [-0.05, 0) is 43.2 Å². The van der Waals surface area contributed by atoms with Crippen molar-refractivity contribution in [2.24, 2.45) is 5.92 Å². The summed E-state index contributed by atoms with van der Waals surface area (Å²) in [5.74, 6) is -0.483. The molecule has 0 aromatic carbocycles. The summed E-state index contributed by atoms with van der Waals surface area (Å²) in [6.45, 7) is 4.34. The monoisotopic (exact) mass is 233 g/mol. The molecule has 0 radical (unpaired) electrons. The van der Waals surface area contributed by atoms with Crippen LogP contribution in [0.25, 0.3) is 0 Å². The SMILES string of the molecule is CC(C)Cc1ccc2c(n1)CCCC2C(=O)O. The minimum Gasteiger partial charge on any atom is -0.481 e. The Labute approximate surface area is 102 Å². The molecular formula is C14H19NO2. The van der Waals surface area contributed by atoms with Gasteiger partial charge in [0.1, 0.15) is 0 Å². The molecule has 1 heterocycles. The van der Waals surface area contributed by atoms with Gasteiger partial charge in [-0.2, -0.15) is 0 Å². The zero-order chi connectivity index (χ0) is 12.4. The number of carboxylic acids is 1. The molecule has 1 aromatic rings. The van der Waals surface area contributed by atoms with Crippen LogP contribution < -0.4 is 0 Å². The van der Waals surface area contributed by atoms with Crippen LogP contribution in [0.4, 0.5) is 0 Å². The lowest BCUT2D eigenvalue weighted by atomic mass is 9.85. The molecule has 17 heavy (non-hydrogen) atoms. The van der Waals surface area contributed by atoms with Crippen molar-refractivity contribution in [1.82, 2.24) is 4.98 Å². The molecule has 1 unspecified atom stereocenters. The van der Waals surface area contributed by atoms with Gasteiger partial charge < -0.3 is 5.11 Å². The van der Waals surface area contributed by atoms with Crippen molar-refractivity contribution in [1.29, 1.82) is 0 Å². The summed E-state index contributed by atoms with van der Waals surface area (Å²) in [4.78, 5) is 15.8. The second kappa shape index (κ2) is 4.86. The van der Waals surface area contributed by atoms with E-state index < -0.39 is 5.97 Å². The summed E-state index contributed by atoms with van der Waals surface area (Å²) in [7, 11) is 0. The maximum atomic E-state index is 11.2. The molecule has 0 saturated carbocycles. The summed E-state index contributed by atoms with van der Waals surface area (Å²) < 4.78 is 0. The number of aromatic nitrogens is 1. The topological polar surface area (TPSA) is 50.2 Å². The fourth-order valence-corrected chi connectivity index (χ4v) is 2.49. The van der Waals surface area contributed by atoms with E-state index in [1.54, 1.807) is 0 Å². The maximum absolute atomic E-state index is 11.2. The number of carbonyl (C=O) groups is 1. The zero-order valence-corrected chi connectivity index (χ0v) is 10.4. The molecular weight excluding hydrogens is 214 g/mol. The second-order valence-corrected chi connectivity index (χ2v) is 5.22. The van der Waals surface area contributed by atoms with Gasteiger partial charge in [0.05, 0.1) is 5.92 Å². The summed E-state index contributed by atoms with van der Waals surface area (Å²) in [5, 5.41) is 9.17. The van der Waals surface area contributed by atoms with Crippen molar-refractivity contribution in [3.63, 3.8) is 0 Å². The van der Waals surface area contributed by atoms with Crippen LogP contribution in [0.2, 0.25) is 0 Å². The highest BCUT2D eigenvalue weighted by Gasteiger charge is 2.26. The Hall–Kier alpha value is -1.38. The van der Waals surface area contributed by atoms with E-state index in [1.165, 1.54) is 0 Å². The number of pyridine rings is 1. The summed E-state index contributed by atoms with van der Waals surface area (Å²) in [6.07, 6.45) is 3.56. The van der Waals surface area contributed by atoms with E-state index in [0.717, 1.165) is 42.6 Å². The predicted octanol–water partition coefficient (Wildman–Crippen LogP) is 2.78. The van der Waals surface area contributed by atoms with Gasteiger partial charge in [0.25, 0.3) is 0 Å². The van der Waals surface area contributed by atoms with Crippen molar-refractivity contribution in [2.45, 2.75) is 45.4 Å². The number of carboxylic acid groups (broad SMARTS) is 1. The standard InChI is InChI=1S/C14H19NO2/c1-9(2)8-10-6-7-11-12(14(16)17)4-3-5-13(11)15-10/h6-7,9,12H,3-5,8H2,1-2H3,(H,16,17). The Balaban J connectivity index is 2.29. The lowest BCUT2D eigenvalue weighted by Crippen LogP contribution is -2.19. The Kier molecular flexibility index (Phi) is 3.46. The molecule has 1 aromatic heterocycles. The molecule has 0 amide bonds. The minimum absolute atomic E-state index is 0.348. The first kappa shape index (κ1) is 12.1. The van der Waals surface area contributed by atoms with Crippen LogP contribution in [-0.2, 0) is 17.6 Å². The van der Waals surface area contributed by atoms with E-state index in [0.29, 0.717) is 5.92 Å². The van der Waals surface area contributed by atoms with Crippen molar-refractivity contribution >= 4 is 5.97 Å². The largest absolute Gasteiger partial charge is 0.481 e. The first-order chi connectivity index (χ1) is 8.08. The molecule has 1 aliphatic carbocycles. The molecule has 92 valence electrons. The summed E-state index contributed by atoms with van der Waals surface area (Å²) in [6, 6.07) is 3.96. The normalized spacial score (nSPS) is 19.1. The summed E-state index contributed by atoms with van der Waals surface area (Å²) in [5.41, 5.74) is 3.02. The van der Waals surface area contributed by atoms with Crippen molar-refractivity contribution in [3.8, 4) is 0 Å². The third-order valence-electron chi connectivity index (χ3n) is 3.26. The minimum atomic E-state index is -0.718. The van der Waals surface area contributed by atoms with Crippen molar-refractivity contribution < 1.29 is 9.90 Å². The molecule has 0 fully saturated rings. The highest BCUT2D eigenvalue weighted by molar-refractivity contribution is 5.76. The first-order valence-corrected chi connectivity index (χ1v) is 6.29. The molecule has 0 spiro atoms. The second-order valence-electron chi connectivity index (χ2n) is 5.22. The predicted molar refractivity (Wildman–Crippen MR) is 66.1 cm³/mol. The van der Waals surface area contributed by atoms with Gasteiger partial charge in [0.2, 0.25) is 0 Å². The van der Waals surface area contributed by atoms with Gasteiger partial charge in [-0.3, -0.25) is 9.78 Å². The van der Waals surface area contributed by atoms with Gasteiger partial charge in [0, 0.05) is 11.4 Å². The number of hydrogen-bond acceptors (Lipinski definition) is 2. The van der Waals surface area contributed by atoms with Gasteiger partial charge in [-0.15, -0.1) is 0 Å².